The Morgan fingerprint density at radius 3 is 1.37 bits per heavy atom. The lowest BCUT2D eigenvalue weighted by atomic mass is 9.64. The number of fused-ring (bicyclic) bond motifs is 9. The van der Waals surface area contributed by atoms with Crippen LogP contribution in [0.3, 0.4) is 0 Å². The maximum absolute atomic E-state index is 3.83. The monoisotopic (exact) mass is 715 g/mol. The van der Waals surface area contributed by atoms with E-state index in [4.69, 9.17) is 0 Å². The first-order valence-electron chi connectivity index (χ1n) is 15.5. The van der Waals surface area contributed by atoms with E-state index in [1.54, 1.807) is 0 Å². The fourth-order valence-corrected chi connectivity index (χ4v) is 8.49. The highest BCUT2D eigenvalue weighted by Crippen LogP contribution is 2.63. The average molecular weight is 718 g/mol. The lowest BCUT2D eigenvalue weighted by Crippen LogP contribution is -2.36. The molecule has 0 bridgehead atoms. The van der Waals surface area contributed by atoms with Crippen LogP contribution in [-0.4, -0.2) is 0 Å². The lowest BCUT2D eigenvalue weighted by molar-refractivity contribution is 0.751. The molecule has 2 aliphatic rings. The number of benzene rings is 7. The van der Waals surface area contributed by atoms with E-state index < -0.39 is 5.41 Å². The molecule has 0 fully saturated rings. The first kappa shape index (κ1) is 27.6. The quantitative estimate of drug-likeness (QED) is 0.176. The largest absolute Gasteiger partial charge is 0.310 e. The van der Waals surface area contributed by atoms with Crippen molar-refractivity contribution in [3.05, 3.63) is 195 Å². The molecule has 0 radical (unpaired) electrons. The van der Waals surface area contributed by atoms with Crippen molar-refractivity contribution in [2.24, 2.45) is 0 Å². The fraction of sp³-hybridized carbons (Fsp3) is 0.0233. The Hall–Kier alpha value is -4.70. The van der Waals surface area contributed by atoms with Crippen LogP contribution in [0, 0.1) is 0 Å². The molecule has 1 aliphatic carbocycles. The van der Waals surface area contributed by atoms with Crippen molar-refractivity contribution >= 4 is 48.9 Å². The lowest BCUT2D eigenvalue weighted by Gasteiger charge is -2.45. The smallest absolute Gasteiger partial charge is 0.0755 e. The highest BCUT2D eigenvalue weighted by atomic mass is 79.9. The number of rotatable bonds is 3. The Morgan fingerprint density at radius 1 is 0.370 bits per heavy atom. The summed E-state index contributed by atoms with van der Waals surface area (Å²) in [6, 6.07) is 59.8. The predicted octanol–water partition coefficient (Wildman–Crippen LogP) is 12.7. The maximum Gasteiger partial charge on any atom is 0.0755 e. The van der Waals surface area contributed by atoms with Gasteiger partial charge in [-0.05, 0) is 104 Å². The van der Waals surface area contributed by atoms with Gasteiger partial charge in [0.25, 0.3) is 0 Å². The number of halogens is 2. The number of hydrogen-bond donors (Lipinski definition) is 0. The van der Waals surface area contributed by atoms with E-state index in [0.717, 1.165) is 14.6 Å². The van der Waals surface area contributed by atoms with Crippen molar-refractivity contribution in [2.45, 2.75) is 5.41 Å². The van der Waals surface area contributed by atoms with Crippen LogP contribution in [0.5, 0.6) is 0 Å². The Kier molecular flexibility index (Phi) is 6.41. The van der Waals surface area contributed by atoms with E-state index in [9.17, 15) is 0 Å². The number of nitrogens with zero attached hydrogens (tertiary/aromatic N) is 1. The summed E-state index contributed by atoms with van der Waals surface area (Å²) in [6.45, 7) is 0. The van der Waals surface area contributed by atoms with Crippen LogP contribution < -0.4 is 4.90 Å². The summed E-state index contributed by atoms with van der Waals surface area (Å²) in [6.07, 6.45) is 0. The highest BCUT2D eigenvalue weighted by Gasteiger charge is 2.51. The minimum atomic E-state index is -0.462. The Bertz CT molecular complexity index is 2190. The van der Waals surface area contributed by atoms with Gasteiger partial charge < -0.3 is 4.90 Å². The molecule has 1 heterocycles. The number of para-hydroxylation sites is 2. The summed E-state index contributed by atoms with van der Waals surface area (Å²) in [7, 11) is 0. The molecule has 9 rings (SSSR count). The molecule has 0 N–H and O–H groups in total. The van der Waals surface area contributed by atoms with E-state index in [0.29, 0.717) is 0 Å². The van der Waals surface area contributed by atoms with Gasteiger partial charge in [0, 0.05) is 14.6 Å². The summed E-state index contributed by atoms with van der Waals surface area (Å²) >= 11 is 7.66. The summed E-state index contributed by atoms with van der Waals surface area (Å²) in [5.74, 6) is 0. The van der Waals surface area contributed by atoms with Crippen LogP contribution in [0.4, 0.5) is 17.1 Å². The summed E-state index contributed by atoms with van der Waals surface area (Å²) < 4.78 is 2.17. The Morgan fingerprint density at radius 2 is 0.826 bits per heavy atom. The van der Waals surface area contributed by atoms with Crippen LogP contribution >= 0.6 is 31.9 Å². The molecule has 3 heteroatoms. The maximum atomic E-state index is 3.83. The van der Waals surface area contributed by atoms with Gasteiger partial charge in [-0.15, -0.1) is 0 Å². The molecule has 0 unspecified atom stereocenters. The minimum Gasteiger partial charge on any atom is -0.310 e. The van der Waals surface area contributed by atoms with Gasteiger partial charge in [0.2, 0.25) is 0 Å². The molecule has 1 nitrogen and oxygen atoms in total. The van der Waals surface area contributed by atoms with E-state index in [1.807, 2.05) is 0 Å². The molecule has 0 saturated heterocycles. The van der Waals surface area contributed by atoms with E-state index >= 15 is 0 Å². The van der Waals surface area contributed by atoms with Crippen LogP contribution in [-0.2, 0) is 5.41 Å². The van der Waals surface area contributed by atoms with Crippen molar-refractivity contribution in [3.8, 4) is 33.4 Å². The zero-order valence-electron chi connectivity index (χ0n) is 24.8. The second-order valence-electron chi connectivity index (χ2n) is 12.0. The van der Waals surface area contributed by atoms with E-state index in [1.165, 1.54) is 67.0 Å². The minimum absolute atomic E-state index is 0.462. The third kappa shape index (κ3) is 3.98. The Balaban J connectivity index is 1.26. The third-order valence-corrected chi connectivity index (χ3v) is 10.6. The van der Waals surface area contributed by atoms with Crippen LogP contribution in [0.25, 0.3) is 33.4 Å². The molecule has 1 spiro atoms. The molecule has 46 heavy (non-hydrogen) atoms. The molecule has 0 amide bonds. The topological polar surface area (TPSA) is 3.24 Å². The number of anilines is 3. The summed E-state index contributed by atoms with van der Waals surface area (Å²) in [5.41, 5.74) is 15.7. The van der Waals surface area contributed by atoms with Crippen LogP contribution in [0.15, 0.2) is 173 Å². The normalized spacial score (nSPS) is 13.6. The predicted molar refractivity (Wildman–Crippen MR) is 198 cm³/mol. The standard InChI is InChI=1S/C43H27Br2N/c44-30-20-24-35-36-25-21-31(45)27-40(36)43(39(35)26-30)37-14-6-8-16-41(37)46(42-17-9-7-15-38(42)43)32-22-18-29(19-23-32)34-13-5-4-12-33(34)28-10-2-1-3-11-28/h1-27H. The van der Waals surface area contributed by atoms with Crippen LogP contribution in [0.2, 0.25) is 0 Å². The first-order chi connectivity index (χ1) is 22.6. The fourth-order valence-electron chi connectivity index (χ4n) is 7.77. The zero-order valence-corrected chi connectivity index (χ0v) is 28.0. The summed E-state index contributed by atoms with van der Waals surface area (Å²) in [4.78, 5) is 2.44. The first-order valence-corrected chi connectivity index (χ1v) is 17.1. The van der Waals surface area contributed by atoms with Gasteiger partial charge >= 0.3 is 0 Å². The molecule has 1 aliphatic heterocycles. The van der Waals surface area contributed by atoms with Crippen molar-refractivity contribution < 1.29 is 0 Å². The molecule has 0 atom stereocenters. The van der Waals surface area contributed by atoms with Gasteiger partial charge in [0.15, 0.2) is 0 Å². The van der Waals surface area contributed by atoms with Gasteiger partial charge in [-0.25, -0.2) is 0 Å². The molecule has 0 saturated carbocycles. The molecule has 7 aromatic carbocycles. The molecule has 7 aromatic rings. The van der Waals surface area contributed by atoms with Crippen molar-refractivity contribution in [3.63, 3.8) is 0 Å². The molecule has 0 aromatic heterocycles. The van der Waals surface area contributed by atoms with E-state index in [2.05, 4.69) is 201 Å². The van der Waals surface area contributed by atoms with Gasteiger partial charge in [0.1, 0.15) is 0 Å². The van der Waals surface area contributed by atoms with E-state index in [-0.39, 0.29) is 0 Å². The second-order valence-corrected chi connectivity index (χ2v) is 13.8. The molecule has 218 valence electrons. The highest BCUT2D eigenvalue weighted by molar-refractivity contribution is 9.10. The Labute approximate surface area is 286 Å². The van der Waals surface area contributed by atoms with Gasteiger partial charge in [-0.2, -0.15) is 0 Å². The van der Waals surface area contributed by atoms with Crippen LogP contribution in [0.1, 0.15) is 22.3 Å². The van der Waals surface area contributed by atoms with Gasteiger partial charge in [0.05, 0.1) is 16.8 Å². The summed E-state index contributed by atoms with van der Waals surface area (Å²) in [5, 5.41) is 0. The zero-order chi connectivity index (χ0) is 30.8. The van der Waals surface area contributed by atoms with Crippen molar-refractivity contribution in [2.75, 3.05) is 4.90 Å². The number of hydrogen-bond acceptors (Lipinski definition) is 1. The SMILES string of the molecule is Brc1ccc2c(c1)C1(c3cc(Br)ccc3-2)c2ccccc2N(c2ccc(-c3ccccc3-c3ccccc3)cc2)c2ccccc21. The van der Waals surface area contributed by atoms with Gasteiger partial charge in [-0.1, -0.05) is 147 Å². The third-order valence-electron chi connectivity index (χ3n) is 9.61. The van der Waals surface area contributed by atoms with Gasteiger partial charge in [-0.3, -0.25) is 0 Å². The second kappa shape index (κ2) is 10.7. The van der Waals surface area contributed by atoms with Crippen molar-refractivity contribution in [1.82, 2.24) is 0 Å². The molecular weight excluding hydrogens is 690 g/mol. The average Bonchev–Trinajstić information content (AvgIpc) is 3.38. The van der Waals surface area contributed by atoms with Crippen molar-refractivity contribution in [1.29, 1.82) is 0 Å². The molecular formula is C43H27Br2N.